The summed E-state index contributed by atoms with van der Waals surface area (Å²) in [7, 11) is -4.77. The first-order valence-corrected chi connectivity index (χ1v) is 15.6. The molecule has 0 heterocycles. The number of hydrogen-bond acceptors (Lipinski definition) is 0. The maximum absolute atomic E-state index is 6.65. The van der Waals surface area contributed by atoms with Crippen molar-refractivity contribution in [1.82, 2.24) is 0 Å². The first-order chi connectivity index (χ1) is 11.6. The summed E-state index contributed by atoms with van der Waals surface area (Å²) in [6.07, 6.45) is 17.7. The molecule has 0 N–H and O–H groups in total. The van der Waals surface area contributed by atoms with Crippen LogP contribution in [0.2, 0.25) is 20.2 Å². The van der Waals surface area contributed by atoms with Crippen LogP contribution in [0.3, 0.4) is 0 Å². The second-order valence-corrected chi connectivity index (χ2v) is 24.2. The molecule has 0 aliphatic rings. The van der Waals surface area contributed by atoms with Gasteiger partial charge >= 0.3 is 0 Å². The van der Waals surface area contributed by atoms with Gasteiger partial charge in [-0.2, -0.15) is 0 Å². The lowest BCUT2D eigenvalue weighted by Gasteiger charge is -2.67. The van der Waals surface area contributed by atoms with Gasteiger partial charge in [-0.3, -0.25) is 0 Å². The third kappa shape index (κ3) is 3.06. The topological polar surface area (TPSA) is 0 Å². The molecule has 0 spiro atoms. The molecule has 0 rings (SSSR count). The molecule has 0 aromatic rings. The third-order valence-electron chi connectivity index (χ3n) is 8.59. The molecule has 0 atom stereocenters. The van der Waals surface area contributed by atoms with Gasteiger partial charge in [-0.1, -0.05) is 109 Å². The van der Waals surface area contributed by atoms with Gasteiger partial charge < -0.3 is 0 Å². The van der Waals surface area contributed by atoms with Crippen LogP contribution in [0.4, 0.5) is 0 Å². The standard InChI is InChI=1S/C24H46Si2/c1-15-21(7,8)25(19-5,22(9,10)16-2)26(20-6,23(11,12)17-3)24(13,14)18-4/h5-6H,15-18H2,1-4,7-14H3. The SMILES string of the molecule is C#C[Si](C(C)(C)CC)(C(C)(C)CC)[Si](C#C)(C(C)(C)CC)C(C)(C)CC. The monoisotopic (exact) mass is 390 g/mol. The minimum absolute atomic E-state index is 0.110. The van der Waals surface area contributed by atoms with Crippen LogP contribution < -0.4 is 0 Å². The van der Waals surface area contributed by atoms with Gasteiger partial charge in [0.15, 0.2) is 15.2 Å². The average molecular weight is 391 g/mol. The molecule has 150 valence electrons. The van der Waals surface area contributed by atoms with Gasteiger partial charge in [-0.25, -0.2) is 0 Å². The average Bonchev–Trinajstić information content (AvgIpc) is 2.58. The van der Waals surface area contributed by atoms with E-state index in [1.807, 2.05) is 0 Å². The highest BCUT2D eigenvalue weighted by Gasteiger charge is 2.75. The maximum Gasteiger partial charge on any atom is 0.156 e. The van der Waals surface area contributed by atoms with Crippen LogP contribution in [0.1, 0.15) is 109 Å². The van der Waals surface area contributed by atoms with Gasteiger partial charge in [0.05, 0.1) is 0 Å². The zero-order chi connectivity index (χ0) is 21.2. The van der Waals surface area contributed by atoms with E-state index in [-0.39, 0.29) is 20.2 Å². The van der Waals surface area contributed by atoms with Gasteiger partial charge in [0.1, 0.15) is 0 Å². The first kappa shape index (κ1) is 25.6. The molecule has 0 amide bonds. The minimum Gasteiger partial charge on any atom is -0.135 e. The van der Waals surface area contributed by atoms with Gasteiger partial charge in [0, 0.05) is 0 Å². The number of rotatable bonds is 9. The quantitative estimate of drug-likeness (QED) is 0.276. The van der Waals surface area contributed by atoms with Crippen LogP contribution in [0.5, 0.6) is 0 Å². The summed E-state index contributed by atoms with van der Waals surface area (Å²) in [6, 6.07) is 0. The predicted molar refractivity (Wildman–Crippen MR) is 127 cm³/mol. The van der Waals surface area contributed by atoms with E-state index in [1.165, 1.54) is 0 Å². The maximum atomic E-state index is 6.65. The van der Waals surface area contributed by atoms with E-state index in [2.05, 4.69) is 94.2 Å². The summed E-state index contributed by atoms with van der Waals surface area (Å²) in [4.78, 5) is 0. The summed E-state index contributed by atoms with van der Waals surface area (Å²) >= 11 is 0. The Morgan fingerprint density at radius 1 is 0.500 bits per heavy atom. The number of hydrogen-bond donors (Lipinski definition) is 0. The summed E-state index contributed by atoms with van der Waals surface area (Å²) in [5.41, 5.74) is 7.26. The zero-order valence-electron chi connectivity index (χ0n) is 20.0. The summed E-state index contributed by atoms with van der Waals surface area (Å²) in [5.74, 6) is 0. The Hall–Kier alpha value is -0.446. The van der Waals surface area contributed by atoms with Crippen molar-refractivity contribution in [2.45, 2.75) is 129 Å². The zero-order valence-corrected chi connectivity index (χ0v) is 22.0. The second-order valence-electron chi connectivity index (χ2n) is 10.7. The van der Waals surface area contributed by atoms with Crippen LogP contribution in [0.15, 0.2) is 0 Å². The van der Waals surface area contributed by atoms with Crippen molar-refractivity contribution in [2.24, 2.45) is 0 Å². The molecule has 0 radical (unpaired) electrons. The molecule has 0 fully saturated rings. The van der Waals surface area contributed by atoms with Crippen LogP contribution in [0.25, 0.3) is 0 Å². The second kappa shape index (κ2) is 7.89. The summed E-state index contributed by atoms with van der Waals surface area (Å²) < 4.78 is 0. The highest BCUT2D eigenvalue weighted by Crippen LogP contribution is 2.69. The Morgan fingerprint density at radius 2 is 0.654 bits per heavy atom. The van der Waals surface area contributed by atoms with E-state index in [1.54, 1.807) is 0 Å². The normalized spacial score (nSPS) is 14.7. The molecule has 2 heteroatoms. The highest BCUT2D eigenvalue weighted by atomic mass is 29.3. The lowest BCUT2D eigenvalue weighted by Crippen LogP contribution is -2.79. The fourth-order valence-corrected chi connectivity index (χ4v) is 33.4. The van der Waals surface area contributed by atoms with E-state index in [0.717, 1.165) is 25.7 Å². The van der Waals surface area contributed by atoms with Crippen molar-refractivity contribution in [2.75, 3.05) is 0 Å². The van der Waals surface area contributed by atoms with Crippen molar-refractivity contribution in [3.63, 3.8) is 0 Å². The van der Waals surface area contributed by atoms with Crippen LogP contribution >= 0.6 is 0 Å². The molecule has 0 aromatic carbocycles. The van der Waals surface area contributed by atoms with E-state index in [9.17, 15) is 0 Å². The Bertz CT molecular complexity index is 480. The molecule has 0 aliphatic carbocycles. The first-order valence-electron chi connectivity index (χ1n) is 10.6. The van der Waals surface area contributed by atoms with Crippen LogP contribution in [-0.2, 0) is 0 Å². The fraction of sp³-hybridized carbons (Fsp3) is 0.833. The van der Waals surface area contributed by atoms with Crippen LogP contribution in [-0.4, -0.2) is 15.2 Å². The minimum atomic E-state index is -2.39. The molecule has 0 bridgehead atoms. The Balaban J connectivity index is 7.79. The molecule has 0 aromatic heterocycles. The van der Waals surface area contributed by atoms with E-state index >= 15 is 0 Å². The van der Waals surface area contributed by atoms with Crippen molar-refractivity contribution in [3.8, 4) is 23.9 Å². The smallest absolute Gasteiger partial charge is 0.135 e. The van der Waals surface area contributed by atoms with Gasteiger partial charge in [-0.15, -0.1) is 23.9 Å². The largest absolute Gasteiger partial charge is 0.156 e. The molecule has 0 saturated heterocycles. The van der Waals surface area contributed by atoms with Gasteiger partial charge in [0.2, 0.25) is 0 Å². The van der Waals surface area contributed by atoms with Crippen molar-refractivity contribution < 1.29 is 0 Å². The van der Waals surface area contributed by atoms with Gasteiger partial charge in [-0.05, 0) is 20.2 Å². The van der Waals surface area contributed by atoms with E-state index in [4.69, 9.17) is 12.8 Å². The van der Waals surface area contributed by atoms with E-state index in [0.29, 0.717) is 0 Å². The molecule has 26 heavy (non-hydrogen) atoms. The van der Waals surface area contributed by atoms with Crippen molar-refractivity contribution in [3.05, 3.63) is 0 Å². The lowest BCUT2D eigenvalue weighted by molar-refractivity contribution is 0.512. The third-order valence-corrected chi connectivity index (χ3v) is 32.5. The molecule has 0 nitrogen and oxygen atoms in total. The molecular weight excluding hydrogens is 344 g/mol. The Morgan fingerprint density at radius 3 is 0.731 bits per heavy atom. The fourth-order valence-electron chi connectivity index (χ4n) is 5.92. The highest BCUT2D eigenvalue weighted by molar-refractivity contribution is 7.52. The van der Waals surface area contributed by atoms with Crippen molar-refractivity contribution in [1.29, 1.82) is 0 Å². The van der Waals surface area contributed by atoms with Crippen molar-refractivity contribution >= 4 is 15.2 Å². The van der Waals surface area contributed by atoms with Crippen LogP contribution in [0, 0.1) is 23.9 Å². The lowest BCUT2D eigenvalue weighted by atomic mass is 10.1. The Kier molecular flexibility index (Phi) is 7.75. The van der Waals surface area contributed by atoms with E-state index < -0.39 is 15.2 Å². The van der Waals surface area contributed by atoms with Gasteiger partial charge in [0.25, 0.3) is 0 Å². The summed E-state index contributed by atoms with van der Waals surface area (Å²) in [5, 5.41) is 0.439. The number of terminal acetylenes is 2. The molecule has 0 unspecified atom stereocenters. The predicted octanol–water partition coefficient (Wildman–Crippen LogP) is 8.07. The Labute approximate surface area is 168 Å². The molecule has 0 saturated carbocycles. The summed E-state index contributed by atoms with van der Waals surface area (Å²) in [6.45, 7) is 28.8. The molecule has 0 aliphatic heterocycles. The molecular formula is C24H46Si2.